The minimum Gasteiger partial charge on any atom is -0.349 e. The monoisotopic (exact) mass is 416 g/mol. The van der Waals surface area contributed by atoms with E-state index in [0.717, 1.165) is 38.2 Å². The fraction of sp³-hybridized carbons (Fsp3) is 0.429. The second-order valence-corrected chi connectivity index (χ2v) is 9.36. The lowest BCUT2D eigenvalue weighted by atomic mass is 10.0. The smallest absolute Gasteiger partial charge is 0.251 e. The lowest BCUT2D eigenvalue weighted by Gasteiger charge is -2.32. The van der Waals surface area contributed by atoms with Gasteiger partial charge in [-0.05, 0) is 57.0 Å². The van der Waals surface area contributed by atoms with Crippen LogP contribution in [0.3, 0.4) is 0 Å². The summed E-state index contributed by atoms with van der Waals surface area (Å²) < 4.78 is 27.2. The van der Waals surface area contributed by atoms with Crippen molar-refractivity contribution in [3.8, 4) is 0 Å². The molecule has 0 saturated carbocycles. The molecule has 156 valence electrons. The van der Waals surface area contributed by atoms with Crippen LogP contribution < -0.4 is 10.0 Å². The van der Waals surface area contributed by atoms with E-state index < -0.39 is 10.0 Å². The first-order valence-corrected chi connectivity index (χ1v) is 11.4. The van der Waals surface area contributed by atoms with Gasteiger partial charge in [0, 0.05) is 43.5 Å². The molecule has 0 radical (unpaired) electrons. The van der Waals surface area contributed by atoms with Crippen LogP contribution >= 0.6 is 0 Å². The predicted octanol–water partition coefficient (Wildman–Crippen LogP) is 2.16. The third-order valence-electron chi connectivity index (χ3n) is 4.83. The molecular weight excluding hydrogens is 388 g/mol. The second-order valence-electron chi connectivity index (χ2n) is 7.65. The molecule has 0 unspecified atom stereocenters. The van der Waals surface area contributed by atoms with Crippen molar-refractivity contribution in [1.82, 2.24) is 19.9 Å². The number of pyridine rings is 1. The van der Waals surface area contributed by atoms with Gasteiger partial charge in [-0.3, -0.25) is 14.7 Å². The van der Waals surface area contributed by atoms with E-state index in [-0.39, 0.29) is 22.9 Å². The zero-order valence-electron chi connectivity index (χ0n) is 16.8. The summed E-state index contributed by atoms with van der Waals surface area (Å²) in [7, 11) is -3.63. The first kappa shape index (κ1) is 21.4. The normalized spacial score (nSPS) is 16.1. The van der Waals surface area contributed by atoms with Crippen molar-refractivity contribution in [2.24, 2.45) is 0 Å². The number of rotatable bonds is 7. The first-order chi connectivity index (χ1) is 13.8. The zero-order chi connectivity index (χ0) is 20.9. The van der Waals surface area contributed by atoms with Crippen LogP contribution in [-0.4, -0.2) is 49.4 Å². The van der Waals surface area contributed by atoms with E-state index in [1.54, 1.807) is 32.2 Å². The van der Waals surface area contributed by atoms with Gasteiger partial charge in [0.2, 0.25) is 10.0 Å². The molecule has 1 aliphatic heterocycles. The number of aromatic nitrogens is 1. The van der Waals surface area contributed by atoms with Gasteiger partial charge in [-0.25, -0.2) is 13.1 Å². The van der Waals surface area contributed by atoms with E-state index in [0.29, 0.717) is 5.56 Å². The molecule has 0 spiro atoms. The average molecular weight is 417 g/mol. The minimum absolute atomic E-state index is 0.0801. The maximum Gasteiger partial charge on any atom is 0.251 e. The highest BCUT2D eigenvalue weighted by Gasteiger charge is 2.22. The topological polar surface area (TPSA) is 91.4 Å². The van der Waals surface area contributed by atoms with Crippen molar-refractivity contribution in [3.05, 3.63) is 59.9 Å². The van der Waals surface area contributed by atoms with Crippen molar-refractivity contribution in [2.45, 2.75) is 50.2 Å². The van der Waals surface area contributed by atoms with E-state index in [9.17, 15) is 13.2 Å². The Labute approximate surface area is 172 Å². The molecule has 3 rings (SSSR count). The number of carbonyl (C=O) groups excluding carboxylic acids is 1. The fourth-order valence-electron chi connectivity index (χ4n) is 3.41. The van der Waals surface area contributed by atoms with Crippen LogP contribution in [0, 0.1) is 0 Å². The molecule has 1 aromatic heterocycles. The van der Waals surface area contributed by atoms with Crippen molar-refractivity contribution in [3.63, 3.8) is 0 Å². The quantitative estimate of drug-likeness (QED) is 0.722. The van der Waals surface area contributed by atoms with Crippen LogP contribution in [0.15, 0.2) is 53.6 Å². The SMILES string of the molecule is CC(C)NS(=O)(=O)c1cccc(C(=O)NC2CCN(Cc3ccccn3)CC2)c1. The Balaban J connectivity index is 1.55. The van der Waals surface area contributed by atoms with Gasteiger partial charge in [0.25, 0.3) is 5.91 Å². The van der Waals surface area contributed by atoms with Gasteiger partial charge >= 0.3 is 0 Å². The molecule has 2 heterocycles. The van der Waals surface area contributed by atoms with Crippen molar-refractivity contribution < 1.29 is 13.2 Å². The summed E-state index contributed by atoms with van der Waals surface area (Å²) in [6.45, 7) is 6.09. The molecule has 2 N–H and O–H groups in total. The van der Waals surface area contributed by atoms with Crippen LogP contribution in [0.2, 0.25) is 0 Å². The standard InChI is InChI=1S/C21H28N4O3S/c1-16(2)24-29(27,28)20-8-5-6-17(14-20)21(26)23-18-9-12-25(13-10-18)15-19-7-3-4-11-22-19/h3-8,11,14,16,18,24H,9-10,12-13,15H2,1-2H3,(H,23,26). The molecule has 0 bridgehead atoms. The van der Waals surface area contributed by atoms with E-state index >= 15 is 0 Å². The lowest BCUT2D eigenvalue weighted by Crippen LogP contribution is -2.44. The summed E-state index contributed by atoms with van der Waals surface area (Å²) in [5.74, 6) is -0.241. The molecule has 1 fully saturated rings. The molecule has 1 saturated heterocycles. The highest BCUT2D eigenvalue weighted by molar-refractivity contribution is 7.89. The molecule has 1 amide bonds. The van der Waals surface area contributed by atoms with Gasteiger partial charge in [0.05, 0.1) is 10.6 Å². The summed E-state index contributed by atoms with van der Waals surface area (Å²) in [6, 6.07) is 11.9. The molecule has 29 heavy (non-hydrogen) atoms. The van der Waals surface area contributed by atoms with E-state index in [4.69, 9.17) is 0 Å². The van der Waals surface area contributed by atoms with Crippen LogP contribution in [0.5, 0.6) is 0 Å². The zero-order valence-corrected chi connectivity index (χ0v) is 17.7. The molecular formula is C21H28N4O3S. The third-order valence-corrected chi connectivity index (χ3v) is 6.49. The highest BCUT2D eigenvalue weighted by atomic mass is 32.2. The van der Waals surface area contributed by atoms with Crippen LogP contribution in [0.4, 0.5) is 0 Å². The summed E-state index contributed by atoms with van der Waals surface area (Å²) in [5.41, 5.74) is 1.40. The van der Waals surface area contributed by atoms with E-state index in [2.05, 4.69) is 19.9 Å². The summed E-state index contributed by atoms with van der Waals surface area (Å²) >= 11 is 0. The van der Waals surface area contributed by atoms with Crippen LogP contribution in [0.25, 0.3) is 0 Å². The Morgan fingerprint density at radius 3 is 2.59 bits per heavy atom. The van der Waals surface area contributed by atoms with Gasteiger partial charge in [0.15, 0.2) is 0 Å². The number of carbonyl (C=O) groups is 1. The Morgan fingerprint density at radius 1 is 1.17 bits per heavy atom. The van der Waals surface area contributed by atoms with Crippen molar-refractivity contribution in [2.75, 3.05) is 13.1 Å². The summed E-state index contributed by atoms with van der Waals surface area (Å²) in [5, 5.41) is 3.04. The fourth-order valence-corrected chi connectivity index (χ4v) is 4.70. The van der Waals surface area contributed by atoms with Crippen LogP contribution in [0.1, 0.15) is 42.7 Å². The Hall–Kier alpha value is -2.29. The number of sulfonamides is 1. The first-order valence-electron chi connectivity index (χ1n) is 9.89. The number of hydrogen-bond donors (Lipinski definition) is 2. The predicted molar refractivity (Wildman–Crippen MR) is 112 cm³/mol. The third kappa shape index (κ3) is 6.09. The number of likely N-dealkylation sites (tertiary alicyclic amines) is 1. The number of hydrogen-bond acceptors (Lipinski definition) is 5. The molecule has 0 atom stereocenters. The number of benzene rings is 1. The maximum atomic E-state index is 12.6. The van der Waals surface area contributed by atoms with Crippen molar-refractivity contribution in [1.29, 1.82) is 0 Å². The molecule has 1 aromatic carbocycles. The van der Waals surface area contributed by atoms with Crippen LogP contribution in [-0.2, 0) is 16.6 Å². The van der Waals surface area contributed by atoms with Crippen molar-refractivity contribution >= 4 is 15.9 Å². The molecule has 0 aliphatic carbocycles. The summed E-state index contributed by atoms with van der Waals surface area (Å²) in [4.78, 5) is 19.4. The minimum atomic E-state index is -3.63. The lowest BCUT2D eigenvalue weighted by molar-refractivity contribution is 0.0908. The Kier molecular flexibility index (Phi) is 7.00. The van der Waals surface area contributed by atoms with Gasteiger partial charge in [-0.15, -0.1) is 0 Å². The Bertz CT molecular complexity index is 924. The Morgan fingerprint density at radius 2 is 1.93 bits per heavy atom. The van der Waals surface area contributed by atoms with Gasteiger partial charge in [-0.2, -0.15) is 0 Å². The number of amides is 1. The maximum absolute atomic E-state index is 12.6. The largest absolute Gasteiger partial charge is 0.349 e. The number of nitrogens with zero attached hydrogens (tertiary/aromatic N) is 2. The highest BCUT2D eigenvalue weighted by Crippen LogP contribution is 2.15. The van der Waals surface area contributed by atoms with E-state index in [1.807, 2.05) is 18.2 Å². The van der Waals surface area contributed by atoms with Gasteiger partial charge in [-0.1, -0.05) is 12.1 Å². The molecule has 7 nitrogen and oxygen atoms in total. The summed E-state index contributed by atoms with van der Waals surface area (Å²) in [6.07, 6.45) is 3.50. The van der Waals surface area contributed by atoms with Gasteiger partial charge in [0.1, 0.15) is 0 Å². The van der Waals surface area contributed by atoms with Gasteiger partial charge < -0.3 is 5.32 Å². The number of nitrogens with one attached hydrogen (secondary N) is 2. The second kappa shape index (κ2) is 9.47. The number of piperidine rings is 1. The average Bonchev–Trinajstić information content (AvgIpc) is 2.69. The molecule has 1 aliphatic rings. The molecule has 8 heteroatoms. The molecule has 2 aromatic rings. The van der Waals surface area contributed by atoms with E-state index in [1.165, 1.54) is 12.1 Å².